The first-order valence-corrected chi connectivity index (χ1v) is 5.42. The molecule has 0 spiro atoms. The fourth-order valence-electron chi connectivity index (χ4n) is 1.78. The first kappa shape index (κ1) is 12.5. The molecule has 1 N–H and O–H groups in total. The third-order valence-electron chi connectivity index (χ3n) is 2.91. The van der Waals surface area contributed by atoms with Crippen LogP contribution < -0.4 is 0 Å². The van der Waals surface area contributed by atoms with Crippen molar-refractivity contribution in [1.29, 1.82) is 0 Å². The fourth-order valence-corrected chi connectivity index (χ4v) is 1.78. The van der Waals surface area contributed by atoms with Gasteiger partial charge < -0.3 is 5.11 Å². The van der Waals surface area contributed by atoms with E-state index in [0.717, 1.165) is 17.7 Å². The molecule has 0 saturated heterocycles. The highest BCUT2D eigenvalue weighted by Gasteiger charge is 2.15. The fraction of sp³-hybridized carbons (Fsp3) is 0.143. The Hall–Kier alpha value is -1.97. The van der Waals surface area contributed by atoms with Gasteiger partial charge in [-0.15, -0.1) is 0 Å². The lowest BCUT2D eigenvalue weighted by molar-refractivity contribution is 0.395. The molecular formula is C14H11F3O. The van der Waals surface area contributed by atoms with E-state index in [1.807, 2.05) is 0 Å². The monoisotopic (exact) mass is 252 g/mol. The van der Waals surface area contributed by atoms with Crippen molar-refractivity contribution in [2.45, 2.75) is 12.8 Å². The van der Waals surface area contributed by atoms with Gasteiger partial charge in [0.05, 0.1) is 0 Å². The Labute approximate surface area is 103 Å². The molecule has 2 aromatic rings. The van der Waals surface area contributed by atoms with Gasteiger partial charge in [0.25, 0.3) is 0 Å². The molecule has 18 heavy (non-hydrogen) atoms. The van der Waals surface area contributed by atoms with Crippen LogP contribution >= 0.6 is 0 Å². The molecule has 0 saturated carbocycles. The number of rotatable bonds is 2. The third-order valence-corrected chi connectivity index (χ3v) is 2.91. The van der Waals surface area contributed by atoms with Crippen LogP contribution in [0.3, 0.4) is 0 Å². The smallest absolute Gasteiger partial charge is 0.187 e. The van der Waals surface area contributed by atoms with Gasteiger partial charge in [0.1, 0.15) is 5.82 Å². The minimum absolute atomic E-state index is 0.296. The average molecular weight is 252 g/mol. The van der Waals surface area contributed by atoms with E-state index in [1.165, 1.54) is 12.1 Å². The van der Waals surface area contributed by atoms with E-state index < -0.39 is 17.4 Å². The average Bonchev–Trinajstić information content (AvgIpc) is 2.35. The van der Waals surface area contributed by atoms with Crippen LogP contribution in [0.1, 0.15) is 24.0 Å². The molecule has 0 fully saturated rings. The van der Waals surface area contributed by atoms with Crippen LogP contribution in [0.5, 0.6) is 5.75 Å². The van der Waals surface area contributed by atoms with Crippen molar-refractivity contribution in [1.82, 2.24) is 0 Å². The lowest BCUT2D eigenvalue weighted by Gasteiger charge is -2.13. The van der Waals surface area contributed by atoms with Gasteiger partial charge in [0.15, 0.2) is 17.4 Å². The molecule has 1 atom stereocenters. The van der Waals surface area contributed by atoms with Crippen LogP contribution in [0.2, 0.25) is 0 Å². The summed E-state index contributed by atoms with van der Waals surface area (Å²) >= 11 is 0. The Bertz CT molecular complexity index is 541. The predicted molar refractivity (Wildman–Crippen MR) is 61.9 cm³/mol. The molecule has 2 rings (SSSR count). The number of phenolic OH excluding ortho intramolecular Hbond substituents is 1. The summed E-state index contributed by atoms with van der Waals surface area (Å²) in [5.74, 6) is -3.65. The zero-order chi connectivity index (χ0) is 13.3. The van der Waals surface area contributed by atoms with E-state index >= 15 is 0 Å². The van der Waals surface area contributed by atoms with Crippen molar-refractivity contribution in [3.8, 4) is 5.75 Å². The standard InChI is InChI=1S/C14H11F3O/c1-8(9-2-4-11(15)5-3-9)10-6-12(16)14(18)13(17)7-10/h2-8,18H,1H3. The van der Waals surface area contributed by atoms with Crippen LogP contribution in [-0.2, 0) is 0 Å². The van der Waals surface area contributed by atoms with Crippen LogP contribution in [0.25, 0.3) is 0 Å². The number of hydrogen-bond donors (Lipinski definition) is 1. The molecule has 1 unspecified atom stereocenters. The normalized spacial score (nSPS) is 12.4. The maximum absolute atomic E-state index is 13.2. The van der Waals surface area contributed by atoms with Crippen molar-refractivity contribution in [3.63, 3.8) is 0 Å². The number of halogens is 3. The van der Waals surface area contributed by atoms with Crippen LogP contribution in [0.4, 0.5) is 13.2 Å². The van der Waals surface area contributed by atoms with E-state index in [-0.39, 0.29) is 11.7 Å². The number of hydrogen-bond acceptors (Lipinski definition) is 1. The number of benzene rings is 2. The van der Waals surface area contributed by atoms with Crippen LogP contribution in [0.15, 0.2) is 36.4 Å². The molecular weight excluding hydrogens is 241 g/mol. The molecule has 0 heterocycles. The summed E-state index contributed by atoms with van der Waals surface area (Å²) in [5, 5.41) is 9.02. The summed E-state index contributed by atoms with van der Waals surface area (Å²) < 4.78 is 39.2. The molecule has 94 valence electrons. The van der Waals surface area contributed by atoms with Gasteiger partial charge in [-0.05, 0) is 35.4 Å². The van der Waals surface area contributed by atoms with Crippen LogP contribution in [-0.4, -0.2) is 5.11 Å². The van der Waals surface area contributed by atoms with Crippen molar-refractivity contribution in [2.24, 2.45) is 0 Å². The Morgan fingerprint density at radius 2 is 1.39 bits per heavy atom. The van der Waals surface area contributed by atoms with Gasteiger partial charge in [-0.25, -0.2) is 13.2 Å². The lowest BCUT2D eigenvalue weighted by atomic mass is 9.93. The molecule has 4 heteroatoms. The van der Waals surface area contributed by atoms with Crippen molar-refractivity contribution < 1.29 is 18.3 Å². The van der Waals surface area contributed by atoms with Gasteiger partial charge in [-0.2, -0.15) is 0 Å². The first-order chi connectivity index (χ1) is 8.49. The quantitative estimate of drug-likeness (QED) is 0.857. The summed E-state index contributed by atoms with van der Waals surface area (Å²) in [6.45, 7) is 1.75. The first-order valence-electron chi connectivity index (χ1n) is 5.42. The summed E-state index contributed by atoms with van der Waals surface area (Å²) in [7, 11) is 0. The minimum atomic E-state index is -1.00. The molecule has 0 aliphatic rings. The second-order valence-electron chi connectivity index (χ2n) is 4.11. The third kappa shape index (κ3) is 2.32. The predicted octanol–water partition coefficient (Wildman–Crippen LogP) is 3.96. The Morgan fingerprint density at radius 1 is 0.889 bits per heavy atom. The van der Waals surface area contributed by atoms with Gasteiger partial charge in [0.2, 0.25) is 0 Å². The Balaban J connectivity index is 2.39. The SMILES string of the molecule is CC(c1ccc(F)cc1)c1cc(F)c(O)c(F)c1. The van der Waals surface area contributed by atoms with E-state index in [1.54, 1.807) is 19.1 Å². The van der Waals surface area contributed by atoms with Crippen molar-refractivity contribution in [2.75, 3.05) is 0 Å². The molecule has 0 radical (unpaired) electrons. The Morgan fingerprint density at radius 3 is 1.89 bits per heavy atom. The van der Waals surface area contributed by atoms with E-state index in [9.17, 15) is 13.2 Å². The highest BCUT2D eigenvalue weighted by atomic mass is 19.1. The van der Waals surface area contributed by atoms with E-state index in [2.05, 4.69) is 0 Å². The number of phenols is 1. The molecule has 1 nitrogen and oxygen atoms in total. The topological polar surface area (TPSA) is 20.2 Å². The molecule has 0 bridgehead atoms. The maximum Gasteiger partial charge on any atom is 0.187 e. The van der Waals surface area contributed by atoms with Crippen molar-refractivity contribution in [3.05, 3.63) is 65.0 Å². The summed E-state index contributed by atoms with van der Waals surface area (Å²) in [4.78, 5) is 0. The summed E-state index contributed by atoms with van der Waals surface area (Å²) in [6, 6.07) is 7.85. The molecule has 0 aliphatic heterocycles. The Kier molecular flexibility index (Phi) is 3.28. The maximum atomic E-state index is 13.2. The second kappa shape index (κ2) is 4.72. The van der Waals surface area contributed by atoms with Gasteiger partial charge >= 0.3 is 0 Å². The molecule has 0 amide bonds. The van der Waals surface area contributed by atoms with Gasteiger partial charge in [-0.1, -0.05) is 19.1 Å². The van der Waals surface area contributed by atoms with E-state index in [4.69, 9.17) is 5.11 Å². The van der Waals surface area contributed by atoms with E-state index in [0.29, 0.717) is 5.56 Å². The second-order valence-corrected chi connectivity index (χ2v) is 4.11. The lowest BCUT2D eigenvalue weighted by Crippen LogP contribution is -1.98. The zero-order valence-corrected chi connectivity index (χ0v) is 9.62. The largest absolute Gasteiger partial charge is 0.503 e. The summed E-state index contributed by atoms with van der Waals surface area (Å²) in [5.41, 5.74) is 1.12. The van der Waals surface area contributed by atoms with Gasteiger partial charge in [-0.3, -0.25) is 0 Å². The molecule has 0 aromatic heterocycles. The molecule has 0 aliphatic carbocycles. The number of aromatic hydroxyl groups is 1. The van der Waals surface area contributed by atoms with Gasteiger partial charge in [0, 0.05) is 5.92 Å². The molecule has 2 aromatic carbocycles. The highest BCUT2D eigenvalue weighted by Crippen LogP contribution is 2.29. The van der Waals surface area contributed by atoms with Crippen molar-refractivity contribution >= 4 is 0 Å². The highest BCUT2D eigenvalue weighted by molar-refractivity contribution is 5.37. The minimum Gasteiger partial charge on any atom is -0.503 e. The van der Waals surface area contributed by atoms with Crippen LogP contribution in [0, 0.1) is 17.5 Å². The zero-order valence-electron chi connectivity index (χ0n) is 9.62. The summed E-state index contributed by atoms with van der Waals surface area (Å²) in [6.07, 6.45) is 0.